The highest BCUT2D eigenvalue weighted by molar-refractivity contribution is 6.00. The van der Waals surface area contributed by atoms with E-state index >= 15 is 0 Å². The van der Waals surface area contributed by atoms with Crippen LogP contribution < -0.4 is 14.8 Å². The quantitative estimate of drug-likeness (QED) is 0.191. The van der Waals surface area contributed by atoms with Crippen LogP contribution >= 0.6 is 0 Å². The van der Waals surface area contributed by atoms with Crippen molar-refractivity contribution in [2.24, 2.45) is 0 Å². The summed E-state index contributed by atoms with van der Waals surface area (Å²) in [6.07, 6.45) is 0. The monoisotopic (exact) mass is 577 g/mol. The van der Waals surface area contributed by atoms with E-state index in [1.165, 1.54) is 0 Å². The van der Waals surface area contributed by atoms with Crippen molar-refractivity contribution in [3.05, 3.63) is 124 Å². The molecule has 2 atom stereocenters. The van der Waals surface area contributed by atoms with Crippen molar-refractivity contribution in [1.82, 2.24) is 5.32 Å². The minimum Gasteiger partial charge on any atom is -0.507 e. The van der Waals surface area contributed by atoms with E-state index in [2.05, 4.69) is 5.32 Å². The van der Waals surface area contributed by atoms with Gasteiger partial charge in [0.15, 0.2) is 5.54 Å². The van der Waals surface area contributed by atoms with Gasteiger partial charge in [0.2, 0.25) is 0 Å². The Kier molecular flexibility index (Phi) is 7.59. The van der Waals surface area contributed by atoms with Gasteiger partial charge in [0, 0.05) is 11.1 Å². The fraction of sp³-hybridized carbons (Fsp3) is 0.297. The second-order valence-electron chi connectivity index (χ2n) is 13.2. The van der Waals surface area contributed by atoms with E-state index in [1.54, 1.807) is 43.5 Å². The first-order valence-corrected chi connectivity index (χ1v) is 14.5. The Morgan fingerprint density at radius 3 is 1.93 bits per heavy atom. The fourth-order valence-electron chi connectivity index (χ4n) is 5.92. The number of rotatable bonds is 5. The second-order valence-corrected chi connectivity index (χ2v) is 13.2. The van der Waals surface area contributed by atoms with Gasteiger partial charge in [-0.2, -0.15) is 0 Å². The van der Waals surface area contributed by atoms with Crippen molar-refractivity contribution in [1.29, 1.82) is 0 Å². The van der Waals surface area contributed by atoms with Crippen molar-refractivity contribution in [3.63, 3.8) is 0 Å². The fourth-order valence-corrected chi connectivity index (χ4v) is 5.92. The van der Waals surface area contributed by atoms with Crippen LogP contribution in [0.25, 0.3) is 0 Å². The van der Waals surface area contributed by atoms with Crippen LogP contribution in [0.4, 0.5) is 0 Å². The Balaban J connectivity index is 1.90. The third-order valence-electron chi connectivity index (χ3n) is 8.14. The number of carbonyl (C=O) groups is 2. The molecule has 4 aromatic rings. The van der Waals surface area contributed by atoms with E-state index in [4.69, 9.17) is 9.47 Å². The predicted octanol–water partition coefficient (Wildman–Crippen LogP) is 7.37. The Morgan fingerprint density at radius 2 is 1.40 bits per heavy atom. The third kappa shape index (κ3) is 5.38. The van der Waals surface area contributed by atoms with Gasteiger partial charge >= 0.3 is 5.97 Å². The number of nitrogens with one attached hydrogen (secondary N) is 1. The van der Waals surface area contributed by atoms with Gasteiger partial charge in [-0.15, -0.1) is 0 Å². The summed E-state index contributed by atoms with van der Waals surface area (Å²) in [5, 5.41) is 14.7. The highest BCUT2D eigenvalue weighted by Crippen LogP contribution is 2.52. The lowest BCUT2D eigenvalue weighted by molar-refractivity contribution is -0.144. The topological polar surface area (TPSA) is 84.9 Å². The van der Waals surface area contributed by atoms with Crippen LogP contribution in [-0.2, 0) is 21.2 Å². The molecule has 0 unspecified atom stereocenters. The molecule has 0 saturated carbocycles. The Labute approximate surface area is 253 Å². The average molecular weight is 578 g/mol. The first kappa shape index (κ1) is 29.9. The number of aromatic hydroxyl groups is 1. The molecule has 0 bridgehead atoms. The van der Waals surface area contributed by atoms with Gasteiger partial charge in [-0.3, -0.25) is 4.79 Å². The van der Waals surface area contributed by atoms with E-state index < -0.39 is 34.2 Å². The molecule has 5 rings (SSSR count). The van der Waals surface area contributed by atoms with Crippen LogP contribution in [0.3, 0.4) is 0 Å². The van der Waals surface area contributed by atoms with Crippen LogP contribution in [0.5, 0.6) is 17.2 Å². The molecule has 1 aliphatic heterocycles. The molecule has 4 aromatic carbocycles. The zero-order valence-electron chi connectivity index (χ0n) is 25.8. The van der Waals surface area contributed by atoms with Gasteiger partial charge in [-0.25, -0.2) is 4.79 Å². The highest BCUT2D eigenvalue weighted by Gasteiger charge is 2.55. The number of hydrogen-bond donors (Lipinski definition) is 2. The Hall–Kier alpha value is -4.58. The average Bonchev–Trinajstić information content (AvgIpc) is 2.97. The van der Waals surface area contributed by atoms with Crippen LogP contribution in [0.2, 0.25) is 0 Å². The number of phenolic OH excluding ortho intramolecular Hbond substituents is 1. The summed E-state index contributed by atoms with van der Waals surface area (Å²) in [6, 6.07) is 27.3. The number of carbonyl (C=O) groups excluding carboxylic acids is 2. The highest BCUT2D eigenvalue weighted by atomic mass is 16.5. The number of phenols is 1. The summed E-state index contributed by atoms with van der Waals surface area (Å²) in [6.45, 7) is 12.3. The maximum absolute atomic E-state index is 14.5. The number of ether oxygens (including phenoxy) is 2. The number of esters is 1. The molecule has 0 aliphatic carbocycles. The number of benzene rings is 4. The molecule has 0 spiro atoms. The molecule has 6 heteroatoms. The molecule has 1 heterocycles. The molecule has 0 aromatic heterocycles. The zero-order chi connectivity index (χ0) is 31.2. The predicted molar refractivity (Wildman–Crippen MR) is 168 cm³/mol. The van der Waals surface area contributed by atoms with E-state index in [0.29, 0.717) is 28.2 Å². The van der Waals surface area contributed by atoms with Gasteiger partial charge in [-0.1, -0.05) is 102 Å². The van der Waals surface area contributed by atoms with Crippen molar-refractivity contribution < 1.29 is 24.2 Å². The number of fused-ring (bicyclic) bond motifs is 1. The van der Waals surface area contributed by atoms with Gasteiger partial charge in [0.1, 0.15) is 17.2 Å². The smallest absolute Gasteiger partial charge is 0.343 e. The molecule has 0 saturated heterocycles. The summed E-state index contributed by atoms with van der Waals surface area (Å²) < 4.78 is 11.7. The van der Waals surface area contributed by atoms with E-state index in [9.17, 15) is 14.7 Å². The van der Waals surface area contributed by atoms with Crippen molar-refractivity contribution in [2.45, 2.75) is 63.8 Å². The normalized spacial score (nSPS) is 18.4. The first-order valence-electron chi connectivity index (χ1n) is 14.5. The van der Waals surface area contributed by atoms with Gasteiger partial charge < -0.3 is 19.9 Å². The molecule has 1 amide bonds. The van der Waals surface area contributed by atoms with Gasteiger partial charge in [-0.05, 0) is 63.4 Å². The van der Waals surface area contributed by atoms with Gasteiger partial charge in [0.25, 0.3) is 5.91 Å². The lowest BCUT2D eigenvalue weighted by atomic mass is 9.67. The molecule has 6 nitrogen and oxygen atoms in total. The molecular weight excluding hydrogens is 538 g/mol. The summed E-state index contributed by atoms with van der Waals surface area (Å²) >= 11 is 0. The van der Waals surface area contributed by atoms with Crippen LogP contribution in [-0.4, -0.2) is 24.1 Å². The molecular formula is C37H39NO5. The summed E-state index contributed by atoms with van der Waals surface area (Å²) in [5.74, 6) is -0.553. The zero-order valence-corrected chi connectivity index (χ0v) is 25.8. The third-order valence-corrected chi connectivity index (χ3v) is 8.14. The summed E-state index contributed by atoms with van der Waals surface area (Å²) in [7, 11) is 1.59. The molecule has 1 aliphatic rings. The molecule has 43 heavy (non-hydrogen) atoms. The molecule has 2 N–H and O–H groups in total. The van der Waals surface area contributed by atoms with Crippen molar-refractivity contribution >= 4 is 11.9 Å². The summed E-state index contributed by atoms with van der Waals surface area (Å²) in [5.41, 5.74) is 1.42. The van der Waals surface area contributed by atoms with Crippen LogP contribution in [0.1, 0.15) is 85.6 Å². The maximum Gasteiger partial charge on any atom is 0.343 e. The van der Waals surface area contributed by atoms with Crippen molar-refractivity contribution in [3.8, 4) is 17.2 Å². The largest absolute Gasteiger partial charge is 0.507 e. The molecule has 0 radical (unpaired) electrons. The van der Waals surface area contributed by atoms with Crippen LogP contribution in [0.15, 0.2) is 91.0 Å². The molecule has 222 valence electrons. The van der Waals surface area contributed by atoms with E-state index in [-0.39, 0.29) is 5.75 Å². The lowest BCUT2D eigenvalue weighted by Gasteiger charge is -2.44. The number of methoxy groups -OCH3 is 1. The first-order chi connectivity index (χ1) is 20.3. The van der Waals surface area contributed by atoms with E-state index in [1.807, 2.05) is 96.1 Å². The van der Waals surface area contributed by atoms with E-state index in [0.717, 1.165) is 16.7 Å². The second kappa shape index (κ2) is 10.9. The lowest BCUT2D eigenvalue weighted by Crippen LogP contribution is -2.59. The number of amides is 1. The molecule has 0 fully saturated rings. The Morgan fingerprint density at radius 1 is 0.837 bits per heavy atom. The number of hydrogen-bond acceptors (Lipinski definition) is 5. The summed E-state index contributed by atoms with van der Waals surface area (Å²) in [4.78, 5) is 28.5. The van der Waals surface area contributed by atoms with Crippen molar-refractivity contribution in [2.75, 3.05) is 7.11 Å². The Bertz CT molecular complexity index is 1630. The minimum atomic E-state index is -1.66. The SMILES string of the molecule is COc1ccc2c(c1)[C@@H](c1cc(C(C)(C)C)c(O)c(C(C)(C)C)c1)[C@@](NC(=O)c1ccccc1)(c1ccccc1)C(=O)O2. The standard InChI is InChI=1S/C37H39NO5/c1-35(2,3)28-20-24(21-29(32(28)39)36(4,5)6)31-27-22-26(42-7)18-19-30(27)43-34(41)37(31,25-16-12-9-13-17-25)38-33(40)23-14-10-8-11-15-23/h8-22,31,39H,1-7H3,(H,38,40)/t31-,37+/m1/s1. The van der Waals surface area contributed by atoms with Gasteiger partial charge in [0.05, 0.1) is 13.0 Å². The van der Waals surface area contributed by atoms with Crippen LogP contribution in [0, 0.1) is 0 Å². The minimum absolute atomic E-state index is 0.228. The maximum atomic E-state index is 14.5.